The normalized spacial score (nSPS) is 14.9. The van der Waals surface area contributed by atoms with Crippen LogP contribution in [0.15, 0.2) is 128 Å². The Labute approximate surface area is 223 Å². The molecule has 0 amide bonds. The van der Waals surface area contributed by atoms with Gasteiger partial charge >= 0.3 is 7.12 Å². The van der Waals surface area contributed by atoms with E-state index in [0.717, 1.165) is 11.0 Å². The lowest BCUT2D eigenvalue weighted by Crippen LogP contribution is -2.34. The van der Waals surface area contributed by atoms with Crippen molar-refractivity contribution in [2.24, 2.45) is 0 Å². The predicted molar refractivity (Wildman–Crippen MR) is 161 cm³/mol. The van der Waals surface area contributed by atoms with Gasteiger partial charge in [0.25, 0.3) is 0 Å². The maximum atomic E-state index is 6.21. The molecule has 0 N–H and O–H groups in total. The van der Waals surface area contributed by atoms with Crippen molar-refractivity contribution in [1.82, 2.24) is 0 Å². The van der Waals surface area contributed by atoms with Gasteiger partial charge in [-0.05, 0) is 73.9 Å². The van der Waals surface area contributed by atoms with E-state index in [4.69, 9.17) is 9.31 Å². The summed E-state index contributed by atoms with van der Waals surface area (Å²) in [5.41, 5.74) is 5.36. The van der Waals surface area contributed by atoms with Crippen LogP contribution in [0.25, 0.3) is 54.6 Å². The monoisotopic (exact) mass is 490 g/mol. The Kier molecular flexibility index (Phi) is 5.17. The maximum Gasteiger partial charge on any atom is 0.563 e. The van der Waals surface area contributed by atoms with Crippen LogP contribution >= 0.6 is 0 Å². The highest BCUT2D eigenvalue weighted by Crippen LogP contribution is 2.45. The third kappa shape index (κ3) is 3.54. The molecule has 0 radical (unpaired) electrons. The van der Waals surface area contributed by atoms with Gasteiger partial charge in [0.2, 0.25) is 0 Å². The minimum absolute atomic E-state index is 0.468. The second-order valence-electron chi connectivity index (χ2n) is 10.5. The third-order valence-electron chi connectivity index (χ3n) is 7.76. The topological polar surface area (TPSA) is 18.5 Å². The Morgan fingerprint density at radius 2 is 1.16 bits per heavy atom. The van der Waals surface area contributed by atoms with Crippen LogP contribution in [0.1, 0.15) is 13.8 Å². The van der Waals surface area contributed by atoms with E-state index in [2.05, 4.69) is 122 Å². The minimum atomic E-state index is -0.514. The summed E-state index contributed by atoms with van der Waals surface area (Å²) in [6, 6.07) is 41.3. The molecule has 1 aliphatic rings. The number of benzene rings is 6. The first-order chi connectivity index (χ1) is 18.5. The first-order valence-electron chi connectivity index (χ1n) is 13.1. The van der Waals surface area contributed by atoms with E-state index in [1.54, 1.807) is 0 Å². The molecule has 1 fully saturated rings. The molecule has 38 heavy (non-hydrogen) atoms. The fourth-order valence-electron chi connectivity index (χ4n) is 5.78. The highest BCUT2D eigenvalue weighted by atomic mass is 16.7. The Morgan fingerprint density at radius 3 is 1.79 bits per heavy atom. The summed E-state index contributed by atoms with van der Waals surface area (Å²) >= 11 is 0. The summed E-state index contributed by atoms with van der Waals surface area (Å²) in [6.45, 7) is 8.04. The maximum absolute atomic E-state index is 6.21. The molecule has 0 aliphatic carbocycles. The fraction of sp³-hybridized carbons (Fsp3) is 0.0857. The predicted octanol–water partition coefficient (Wildman–Crippen LogP) is 8.51. The summed E-state index contributed by atoms with van der Waals surface area (Å²) in [4.78, 5) is 0. The van der Waals surface area contributed by atoms with Crippen molar-refractivity contribution in [3.8, 4) is 22.3 Å². The molecule has 182 valence electrons. The molecule has 0 atom stereocenters. The molecule has 0 bridgehead atoms. The lowest BCUT2D eigenvalue weighted by molar-refractivity contribution is 0.173. The van der Waals surface area contributed by atoms with Gasteiger partial charge < -0.3 is 9.31 Å². The standard InChI is InChI=1S/C35H27BO2/c1-23-35(2,3)38-36(37-23)26-15-10-14-25(22-26)33-29-17-6-8-19-31(29)34(32-20-9-7-18-30(32)33)28-21-11-13-24-12-4-5-16-27(24)28/h4-22H,1H2,2-3H3. The van der Waals surface area contributed by atoms with Crippen molar-refractivity contribution in [3.05, 3.63) is 128 Å². The van der Waals surface area contributed by atoms with Crippen LogP contribution in [-0.4, -0.2) is 12.7 Å². The Hall–Kier alpha value is -4.34. The molecule has 0 spiro atoms. The van der Waals surface area contributed by atoms with E-state index in [0.29, 0.717) is 5.76 Å². The molecule has 6 aromatic carbocycles. The van der Waals surface area contributed by atoms with E-state index in [1.165, 1.54) is 49.0 Å². The molecular formula is C35H27BO2. The number of rotatable bonds is 3. The highest BCUT2D eigenvalue weighted by Gasteiger charge is 2.42. The molecule has 7 rings (SSSR count). The Bertz CT molecular complexity index is 1820. The van der Waals surface area contributed by atoms with Gasteiger partial charge in [0.1, 0.15) is 5.60 Å². The van der Waals surface area contributed by atoms with Crippen LogP contribution < -0.4 is 5.46 Å². The van der Waals surface area contributed by atoms with Gasteiger partial charge in [0, 0.05) is 0 Å². The molecule has 0 saturated carbocycles. The summed E-state index contributed by atoms with van der Waals surface area (Å²) in [7, 11) is -0.468. The Morgan fingerprint density at radius 1 is 0.605 bits per heavy atom. The van der Waals surface area contributed by atoms with Gasteiger partial charge in [-0.1, -0.05) is 122 Å². The van der Waals surface area contributed by atoms with Crippen molar-refractivity contribution < 1.29 is 9.31 Å². The van der Waals surface area contributed by atoms with Crippen LogP contribution in [-0.2, 0) is 9.31 Å². The second-order valence-corrected chi connectivity index (χ2v) is 10.5. The first kappa shape index (κ1) is 22.8. The average molecular weight is 490 g/mol. The molecule has 3 heteroatoms. The molecular weight excluding hydrogens is 463 g/mol. The van der Waals surface area contributed by atoms with Crippen LogP contribution in [0.2, 0.25) is 0 Å². The summed E-state index contributed by atoms with van der Waals surface area (Å²) in [6.07, 6.45) is 0. The zero-order valence-electron chi connectivity index (χ0n) is 21.6. The van der Waals surface area contributed by atoms with Crippen LogP contribution in [0.3, 0.4) is 0 Å². The van der Waals surface area contributed by atoms with Crippen LogP contribution in [0.4, 0.5) is 0 Å². The van der Waals surface area contributed by atoms with Gasteiger partial charge in [-0.3, -0.25) is 0 Å². The van der Waals surface area contributed by atoms with E-state index in [9.17, 15) is 0 Å². The quantitative estimate of drug-likeness (QED) is 0.183. The zero-order valence-corrected chi connectivity index (χ0v) is 21.6. The van der Waals surface area contributed by atoms with Gasteiger partial charge in [0.15, 0.2) is 0 Å². The van der Waals surface area contributed by atoms with Crippen molar-refractivity contribution in [3.63, 3.8) is 0 Å². The summed E-state index contributed by atoms with van der Waals surface area (Å²) in [5.74, 6) is 0.656. The van der Waals surface area contributed by atoms with Crippen LogP contribution in [0, 0.1) is 0 Å². The molecule has 1 heterocycles. The molecule has 1 saturated heterocycles. The average Bonchev–Trinajstić information content (AvgIpc) is 3.23. The van der Waals surface area contributed by atoms with Crippen LogP contribution in [0.5, 0.6) is 0 Å². The molecule has 0 aromatic heterocycles. The molecule has 0 unspecified atom stereocenters. The van der Waals surface area contributed by atoms with E-state index in [1.807, 2.05) is 13.8 Å². The van der Waals surface area contributed by atoms with Crippen molar-refractivity contribution in [1.29, 1.82) is 0 Å². The zero-order chi connectivity index (χ0) is 25.9. The third-order valence-corrected chi connectivity index (χ3v) is 7.76. The Balaban J connectivity index is 1.52. The van der Waals surface area contributed by atoms with Gasteiger partial charge in [-0.25, -0.2) is 0 Å². The number of fused-ring (bicyclic) bond motifs is 3. The van der Waals surface area contributed by atoms with Gasteiger partial charge in [-0.15, -0.1) is 0 Å². The smallest absolute Gasteiger partial charge is 0.534 e. The highest BCUT2D eigenvalue weighted by molar-refractivity contribution is 6.62. The minimum Gasteiger partial charge on any atom is -0.534 e. The van der Waals surface area contributed by atoms with Gasteiger partial charge in [0.05, 0.1) is 5.76 Å². The second kappa shape index (κ2) is 8.61. The van der Waals surface area contributed by atoms with E-state index in [-0.39, 0.29) is 0 Å². The SMILES string of the molecule is C=C1OB(c2cccc(-c3c4ccccc4c(-c4cccc5ccccc45)c4ccccc34)c2)OC1(C)C. The summed E-state index contributed by atoms with van der Waals surface area (Å²) in [5, 5.41) is 7.44. The van der Waals surface area contributed by atoms with E-state index >= 15 is 0 Å². The van der Waals surface area contributed by atoms with Gasteiger partial charge in [-0.2, -0.15) is 0 Å². The van der Waals surface area contributed by atoms with E-state index < -0.39 is 12.7 Å². The summed E-state index contributed by atoms with van der Waals surface area (Å²) < 4.78 is 12.2. The molecule has 6 aromatic rings. The van der Waals surface area contributed by atoms with Crippen molar-refractivity contribution >= 4 is 44.9 Å². The van der Waals surface area contributed by atoms with Crippen molar-refractivity contribution in [2.75, 3.05) is 0 Å². The number of hydrogen-bond donors (Lipinski definition) is 0. The lowest BCUT2D eigenvalue weighted by atomic mass is 9.77. The fourth-order valence-corrected chi connectivity index (χ4v) is 5.78. The molecule has 2 nitrogen and oxygen atoms in total. The first-order valence-corrected chi connectivity index (χ1v) is 13.1. The molecule has 1 aliphatic heterocycles. The number of hydrogen-bond acceptors (Lipinski definition) is 2. The van der Waals surface area contributed by atoms with Crippen molar-refractivity contribution in [2.45, 2.75) is 19.4 Å². The lowest BCUT2D eigenvalue weighted by Gasteiger charge is -2.19. The largest absolute Gasteiger partial charge is 0.563 e.